The largest absolute Gasteiger partial charge is 0.396 e. The third-order valence-electron chi connectivity index (χ3n) is 13.4. The second-order valence-corrected chi connectivity index (χ2v) is 14.5. The molecule has 0 unspecified atom stereocenters. The molecular weight excluding hydrogens is 376 g/mol. The van der Waals surface area contributed by atoms with Gasteiger partial charge in [0, 0.05) is 12.0 Å². The van der Waals surface area contributed by atoms with Crippen LogP contribution in [0, 0.1) is 56.7 Å². The molecule has 5 saturated carbocycles. The molecule has 0 amide bonds. The van der Waals surface area contributed by atoms with Crippen LogP contribution in [0.4, 0.5) is 0 Å². The van der Waals surface area contributed by atoms with Gasteiger partial charge in [0.15, 0.2) is 0 Å². The maximum absolute atomic E-state index is 11.0. The molecule has 0 aromatic heterocycles. The number of allylic oxidation sites excluding steroid dienone is 1. The van der Waals surface area contributed by atoms with Gasteiger partial charge in [0.25, 0.3) is 0 Å². The molecular formula is C30H50O. The molecule has 0 heterocycles. The van der Waals surface area contributed by atoms with Crippen LogP contribution in [-0.2, 0) is 0 Å². The Morgan fingerprint density at radius 1 is 0.774 bits per heavy atom. The van der Waals surface area contributed by atoms with Gasteiger partial charge in [-0.15, -0.1) is 0 Å². The molecule has 5 aliphatic carbocycles. The minimum absolute atomic E-state index is 0.161. The lowest BCUT2D eigenvalue weighted by Gasteiger charge is -2.73. The Labute approximate surface area is 192 Å². The molecule has 5 fully saturated rings. The van der Waals surface area contributed by atoms with Gasteiger partial charge in [-0.3, -0.25) is 0 Å². The van der Waals surface area contributed by atoms with Gasteiger partial charge < -0.3 is 5.11 Å². The second-order valence-electron chi connectivity index (χ2n) is 14.5. The molecule has 0 bridgehead atoms. The number of hydrogen-bond acceptors (Lipinski definition) is 1. The van der Waals surface area contributed by atoms with Crippen LogP contribution >= 0.6 is 0 Å². The molecule has 0 aromatic carbocycles. The van der Waals surface area contributed by atoms with Crippen molar-refractivity contribution in [1.82, 2.24) is 0 Å². The molecule has 1 nitrogen and oxygen atoms in total. The van der Waals surface area contributed by atoms with Gasteiger partial charge in [0.2, 0.25) is 0 Å². The van der Waals surface area contributed by atoms with Crippen LogP contribution in [0.1, 0.15) is 112 Å². The first kappa shape index (κ1) is 22.5. The monoisotopic (exact) mass is 426 g/mol. The average molecular weight is 427 g/mol. The maximum Gasteiger partial charge on any atom is 0.0493 e. The van der Waals surface area contributed by atoms with E-state index >= 15 is 0 Å². The highest BCUT2D eigenvalue weighted by Crippen LogP contribution is 2.77. The smallest absolute Gasteiger partial charge is 0.0493 e. The van der Waals surface area contributed by atoms with Gasteiger partial charge in [0.05, 0.1) is 0 Å². The van der Waals surface area contributed by atoms with Gasteiger partial charge in [-0.2, -0.15) is 0 Å². The summed E-state index contributed by atoms with van der Waals surface area (Å²) in [7, 11) is 0. The Morgan fingerprint density at radius 2 is 1.42 bits per heavy atom. The van der Waals surface area contributed by atoms with E-state index in [4.69, 9.17) is 0 Å². The van der Waals surface area contributed by atoms with E-state index in [-0.39, 0.29) is 5.41 Å². The van der Waals surface area contributed by atoms with Gasteiger partial charge >= 0.3 is 0 Å². The van der Waals surface area contributed by atoms with E-state index < -0.39 is 0 Å². The van der Waals surface area contributed by atoms with E-state index in [1.807, 2.05) is 0 Å². The van der Waals surface area contributed by atoms with E-state index in [2.05, 4.69) is 48.1 Å². The van der Waals surface area contributed by atoms with Crippen molar-refractivity contribution in [1.29, 1.82) is 0 Å². The number of rotatable bonds is 2. The lowest BCUT2D eigenvalue weighted by molar-refractivity contribution is -0.247. The van der Waals surface area contributed by atoms with Crippen LogP contribution in [0.25, 0.3) is 0 Å². The Balaban J connectivity index is 1.54. The van der Waals surface area contributed by atoms with E-state index in [0.717, 1.165) is 11.8 Å². The first-order valence-corrected chi connectivity index (χ1v) is 13.7. The van der Waals surface area contributed by atoms with Gasteiger partial charge in [0.1, 0.15) is 0 Å². The molecule has 5 rings (SSSR count). The maximum atomic E-state index is 11.0. The van der Waals surface area contributed by atoms with Crippen molar-refractivity contribution >= 4 is 0 Å². The predicted molar refractivity (Wildman–Crippen MR) is 131 cm³/mol. The van der Waals surface area contributed by atoms with Crippen molar-refractivity contribution in [2.75, 3.05) is 6.61 Å². The zero-order valence-corrected chi connectivity index (χ0v) is 21.5. The first-order valence-electron chi connectivity index (χ1n) is 13.7. The van der Waals surface area contributed by atoms with Crippen molar-refractivity contribution in [2.24, 2.45) is 56.7 Å². The zero-order valence-electron chi connectivity index (χ0n) is 21.5. The van der Waals surface area contributed by atoms with Crippen LogP contribution in [0.5, 0.6) is 0 Å². The minimum Gasteiger partial charge on any atom is -0.396 e. The first-order chi connectivity index (χ1) is 14.5. The van der Waals surface area contributed by atoms with Crippen LogP contribution in [0.3, 0.4) is 0 Å². The molecule has 31 heavy (non-hydrogen) atoms. The molecule has 0 saturated heterocycles. The molecule has 9 atom stereocenters. The van der Waals surface area contributed by atoms with Crippen molar-refractivity contribution in [3.05, 3.63) is 12.2 Å². The molecule has 1 heteroatoms. The molecule has 5 aliphatic rings. The summed E-state index contributed by atoms with van der Waals surface area (Å²) < 4.78 is 0. The summed E-state index contributed by atoms with van der Waals surface area (Å²) in [6, 6.07) is 0. The summed E-state index contributed by atoms with van der Waals surface area (Å²) in [5, 5.41) is 11.0. The standard InChI is InChI=1S/C30H50O/c1-20(2)21-11-18-30(19-31)22(21)12-16-29(7)25(30)10-9-24-27(5)15-8-14-26(3,4)23(27)13-17-28(24,29)6/h21-25,31H,1,8-19H2,2-7H3/t21-,22+,23+,24-,25+,27+,28-,29-,30-/m1/s1. The Hall–Kier alpha value is -0.300. The molecule has 0 radical (unpaired) electrons. The highest BCUT2D eigenvalue weighted by molar-refractivity contribution is 5.21. The summed E-state index contributed by atoms with van der Waals surface area (Å²) in [4.78, 5) is 0. The normalized spacial score (nSPS) is 55.5. The van der Waals surface area contributed by atoms with Crippen molar-refractivity contribution in [2.45, 2.75) is 112 Å². The predicted octanol–water partition coefficient (Wildman–Crippen LogP) is 8.03. The van der Waals surface area contributed by atoms with Gasteiger partial charge in [-0.05, 0) is 122 Å². The van der Waals surface area contributed by atoms with E-state index in [1.165, 1.54) is 76.2 Å². The average Bonchev–Trinajstić information content (AvgIpc) is 3.08. The Morgan fingerprint density at radius 3 is 2.10 bits per heavy atom. The third-order valence-corrected chi connectivity index (χ3v) is 13.4. The topological polar surface area (TPSA) is 20.2 Å². The van der Waals surface area contributed by atoms with Gasteiger partial charge in [-0.1, -0.05) is 53.2 Å². The number of fused-ring (bicyclic) bond motifs is 7. The molecule has 1 N–H and O–H groups in total. The van der Waals surface area contributed by atoms with Crippen molar-refractivity contribution < 1.29 is 5.11 Å². The number of hydrogen-bond donors (Lipinski definition) is 1. The van der Waals surface area contributed by atoms with Crippen LogP contribution in [0.2, 0.25) is 0 Å². The zero-order chi connectivity index (χ0) is 22.4. The quantitative estimate of drug-likeness (QED) is 0.443. The number of aliphatic hydroxyl groups excluding tert-OH is 1. The second kappa shape index (κ2) is 6.86. The van der Waals surface area contributed by atoms with Crippen molar-refractivity contribution in [3.63, 3.8) is 0 Å². The van der Waals surface area contributed by atoms with Gasteiger partial charge in [-0.25, -0.2) is 0 Å². The molecule has 0 spiro atoms. The lowest BCUT2D eigenvalue weighted by Crippen LogP contribution is -2.66. The van der Waals surface area contributed by atoms with Crippen LogP contribution < -0.4 is 0 Å². The SMILES string of the molecule is C=C(C)[C@H]1CC[C@]2(CO)[C@H]3CC[C@@H]4[C@@]5(C)CCCC(C)(C)[C@@H]5CC[C@@]4(C)[C@]3(C)CC[C@@H]12. The van der Waals surface area contributed by atoms with Crippen LogP contribution in [0.15, 0.2) is 12.2 Å². The highest BCUT2D eigenvalue weighted by atomic mass is 16.3. The fraction of sp³-hybridized carbons (Fsp3) is 0.933. The fourth-order valence-electron chi connectivity index (χ4n) is 11.9. The van der Waals surface area contributed by atoms with Crippen molar-refractivity contribution in [3.8, 4) is 0 Å². The van der Waals surface area contributed by atoms with E-state index in [1.54, 1.807) is 0 Å². The summed E-state index contributed by atoms with van der Waals surface area (Å²) in [6.45, 7) is 20.3. The molecule has 0 aromatic rings. The number of aliphatic hydroxyl groups is 1. The fourth-order valence-corrected chi connectivity index (χ4v) is 11.9. The summed E-state index contributed by atoms with van der Waals surface area (Å²) >= 11 is 0. The summed E-state index contributed by atoms with van der Waals surface area (Å²) in [5.74, 6) is 3.79. The van der Waals surface area contributed by atoms with Crippen LogP contribution in [-0.4, -0.2) is 11.7 Å². The van der Waals surface area contributed by atoms with E-state index in [0.29, 0.717) is 46.0 Å². The highest BCUT2D eigenvalue weighted by Gasteiger charge is 2.70. The summed E-state index contributed by atoms with van der Waals surface area (Å²) in [5.41, 5.74) is 3.38. The lowest BCUT2D eigenvalue weighted by atomic mass is 9.32. The molecule has 176 valence electrons. The van der Waals surface area contributed by atoms with E-state index in [9.17, 15) is 5.11 Å². The Kier molecular flexibility index (Phi) is 4.98. The molecule has 0 aliphatic heterocycles. The third kappa shape index (κ3) is 2.65. The minimum atomic E-state index is 0.161. The Bertz CT molecular complexity index is 752. The summed E-state index contributed by atoms with van der Waals surface area (Å²) in [6.07, 6.45) is 15.1.